The summed E-state index contributed by atoms with van der Waals surface area (Å²) in [6.07, 6.45) is 7.00. The predicted octanol–water partition coefficient (Wildman–Crippen LogP) is 2.76. The quantitative estimate of drug-likeness (QED) is 0.784. The zero-order valence-electron chi connectivity index (χ0n) is 14.0. The molecule has 124 valence electrons. The Labute approximate surface area is 129 Å². The van der Waals surface area contributed by atoms with Crippen molar-refractivity contribution in [2.45, 2.75) is 70.1 Å². The number of rotatable bonds is 7. The first-order valence-corrected chi connectivity index (χ1v) is 8.72. The second kappa shape index (κ2) is 8.47. The molecule has 4 heteroatoms. The van der Waals surface area contributed by atoms with Crippen LogP contribution >= 0.6 is 0 Å². The van der Waals surface area contributed by atoms with E-state index >= 15 is 0 Å². The van der Waals surface area contributed by atoms with Gasteiger partial charge in [0.1, 0.15) is 0 Å². The van der Waals surface area contributed by atoms with Gasteiger partial charge in [0.15, 0.2) is 0 Å². The molecule has 2 aliphatic rings. The van der Waals surface area contributed by atoms with Gasteiger partial charge in [-0.1, -0.05) is 20.3 Å². The molecule has 4 nitrogen and oxygen atoms in total. The van der Waals surface area contributed by atoms with Crippen LogP contribution < -0.4 is 5.32 Å². The molecule has 1 N–H and O–H groups in total. The normalized spacial score (nSPS) is 28.4. The van der Waals surface area contributed by atoms with Gasteiger partial charge >= 0.3 is 0 Å². The Morgan fingerprint density at radius 1 is 1.24 bits per heavy atom. The first kappa shape index (κ1) is 17.2. The molecule has 0 aromatic carbocycles. The number of hydrogen-bond donors (Lipinski definition) is 1. The highest BCUT2D eigenvalue weighted by Crippen LogP contribution is 2.39. The molecular weight excluding hydrogens is 266 g/mol. The average molecular weight is 299 g/mol. The number of likely N-dealkylation sites (N-methyl/N-ethyl adjacent to an activating group) is 1. The average Bonchev–Trinajstić information content (AvgIpc) is 2.51. The summed E-state index contributed by atoms with van der Waals surface area (Å²) in [6, 6.07) is 0.448. The van der Waals surface area contributed by atoms with Crippen molar-refractivity contribution in [2.24, 2.45) is 5.92 Å². The Morgan fingerprint density at radius 3 is 2.62 bits per heavy atom. The van der Waals surface area contributed by atoms with Crippen molar-refractivity contribution in [3.8, 4) is 0 Å². The molecule has 3 unspecified atom stereocenters. The third-order valence-corrected chi connectivity index (χ3v) is 5.16. The van der Waals surface area contributed by atoms with E-state index in [-0.39, 0.29) is 5.60 Å². The van der Waals surface area contributed by atoms with Crippen molar-refractivity contribution in [3.63, 3.8) is 0 Å². The van der Waals surface area contributed by atoms with Gasteiger partial charge in [-0.05, 0) is 44.6 Å². The van der Waals surface area contributed by atoms with Gasteiger partial charge in [0.25, 0.3) is 0 Å². The summed E-state index contributed by atoms with van der Waals surface area (Å²) in [4.78, 5) is 0. The van der Waals surface area contributed by atoms with E-state index in [0.717, 1.165) is 58.5 Å². The van der Waals surface area contributed by atoms with Crippen molar-refractivity contribution < 1.29 is 14.2 Å². The Morgan fingerprint density at radius 2 is 2.00 bits per heavy atom. The molecule has 2 saturated heterocycles. The molecule has 21 heavy (non-hydrogen) atoms. The number of hydrogen-bond acceptors (Lipinski definition) is 4. The number of ether oxygens (including phenoxy) is 3. The van der Waals surface area contributed by atoms with E-state index in [4.69, 9.17) is 14.2 Å². The molecule has 0 aromatic rings. The van der Waals surface area contributed by atoms with E-state index in [9.17, 15) is 0 Å². The zero-order valence-corrected chi connectivity index (χ0v) is 14.0. The molecule has 2 heterocycles. The second-order valence-corrected chi connectivity index (χ2v) is 6.54. The zero-order chi connectivity index (χ0) is 15.1. The molecule has 2 fully saturated rings. The summed E-state index contributed by atoms with van der Waals surface area (Å²) in [5.74, 6) is 0.647. The van der Waals surface area contributed by atoms with Gasteiger partial charge in [-0.3, -0.25) is 0 Å². The summed E-state index contributed by atoms with van der Waals surface area (Å²) in [5.41, 5.74) is 0.0688. The minimum atomic E-state index is 0.0688. The molecule has 0 aromatic heterocycles. The first-order valence-electron chi connectivity index (χ1n) is 8.72. The molecular formula is C17H33NO3. The molecule has 2 rings (SSSR count). The summed E-state index contributed by atoms with van der Waals surface area (Å²) >= 11 is 0. The van der Waals surface area contributed by atoms with Gasteiger partial charge in [0.2, 0.25) is 0 Å². The molecule has 1 spiro atoms. The van der Waals surface area contributed by atoms with E-state index in [2.05, 4.69) is 19.2 Å². The van der Waals surface area contributed by atoms with E-state index in [1.165, 1.54) is 6.42 Å². The fourth-order valence-electron chi connectivity index (χ4n) is 4.03. The highest BCUT2D eigenvalue weighted by molar-refractivity contribution is 4.94. The van der Waals surface area contributed by atoms with Crippen molar-refractivity contribution >= 4 is 0 Å². The van der Waals surface area contributed by atoms with Gasteiger partial charge < -0.3 is 19.5 Å². The second-order valence-electron chi connectivity index (χ2n) is 6.54. The Bertz CT molecular complexity index is 286. The molecule has 0 aliphatic carbocycles. The predicted molar refractivity (Wildman–Crippen MR) is 84.6 cm³/mol. The summed E-state index contributed by atoms with van der Waals surface area (Å²) in [6.45, 7) is 8.01. The maximum Gasteiger partial charge on any atom is 0.0729 e. The van der Waals surface area contributed by atoms with Gasteiger partial charge in [-0.15, -0.1) is 0 Å². The van der Waals surface area contributed by atoms with E-state index < -0.39 is 0 Å². The largest absolute Gasteiger partial charge is 0.381 e. The van der Waals surface area contributed by atoms with Crippen molar-refractivity contribution in [2.75, 3.05) is 33.5 Å². The van der Waals surface area contributed by atoms with Crippen LogP contribution in [0.1, 0.15) is 52.4 Å². The molecule has 0 bridgehead atoms. The lowest BCUT2D eigenvalue weighted by atomic mass is 9.76. The Hall–Kier alpha value is -0.160. The minimum Gasteiger partial charge on any atom is -0.381 e. The lowest BCUT2D eigenvalue weighted by Gasteiger charge is -2.46. The maximum absolute atomic E-state index is 6.19. The summed E-state index contributed by atoms with van der Waals surface area (Å²) in [5, 5.41) is 3.70. The fraction of sp³-hybridized carbons (Fsp3) is 1.00. The smallest absolute Gasteiger partial charge is 0.0729 e. The maximum atomic E-state index is 6.19. The van der Waals surface area contributed by atoms with Gasteiger partial charge in [0, 0.05) is 33.0 Å². The minimum absolute atomic E-state index is 0.0688. The third-order valence-electron chi connectivity index (χ3n) is 5.16. The van der Waals surface area contributed by atoms with Crippen LogP contribution in [-0.4, -0.2) is 51.2 Å². The number of nitrogens with one attached hydrogen (secondary N) is 1. The number of methoxy groups -OCH3 is 1. The highest BCUT2D eigenvalue weighted by Gasteiger charge is 2.42. The van der Waals surface area contributed by atoms with Crippen molar-refractivity contribution in [3.05, 3.63) is 0 Å². The van der Waals surface area contributed by atoms with Crippen LogP contribution in [0.25, 0.3) is 0 Å². The van der Waals surface area contributed by atoms with Gasteiger partial charge in [0.05, 0.1) is 11.7 Å². The Balaban J connectivity index is 2.04. The molecule has 2 aliphatic heterocycles. The van der Waals surface area contributed by atoms with Crippen LogP contribution in [0.15, 0.2) is 0 Å². The lowest BCUT2D eigenvalue weighted by molar-refractivity contribution is -0.154. The first-order chi connectivity index (χ1) is 10.2. The third kappa shape index (κ3) is 4.41. The van der Waals surface area contributed by atoms with Crippen LogP contribution in [0.4, 0.5) is 0 Å². The van der Waals surface area contributed by atoms with Crippen LogP contribution in [0.5, 0.6) is 0 Å². The van der Waals surface area contributed by atoms with Crippen LogP contribution in [0.3, 0.4) is 0 Å². The highest BCUT2D eigenvalue weighted by atomic mass is 16.5. The van der Waals surface area contributed by atoms with Crippen molar-refractivity contribution in [1.82, 2.24) is 5.32 Å². The van der Waals surface area contributed by atoms with Gasteiger partial charge in [-0.2, -0.15) is 0 Å². The van der Waals surface area contributed by atoms with Crippen LogP contribution in [0.2, 0.25) is 0 Å². The summed E-state index contributed by atoms with van der Waals surface area (Å²) in [7, 11) is 1.86. The molecule has 0 radical (unpaired) electrons. The standard InChI is InChI=1S/C17H33NO3/c1-4-6-15(19-3)16(18-5-2)14-7-10-21-17(13-14)8-11-20-12-9-17/h14-16,18H,4-13H2,1-3H3. The van der Waals surface area contributed by atoms with Gasteiger partial charge in [-0.25, -0.2) is 0 Å². The van der Waals surface area contributed by atoms with Crippen LogP contribution in [0, 0.1) is 5.92 Å². The lowest BCUT2D eigenvalue weighted by Crippen LogP contribution is -2.53. The topological polar surface area (TPSA) is 39.7 Å². The molecule has 0 amide bonds. The monoisotopic (exact) mass is 299 g/mol. The van der Waals surface area contributed by atoms with Crippen LogP contribution in [-0.2, 0) is 14.2 Å². The fourth-order valence-corrected chi connectivity index (χ4v) is 4.03. The SMILES string of the molecule is CCCC(OC)C(NCC)C1CCOC2(CCOCC2)C1. The summed E-state index contributed by atoms with van der Waals surface area (Å²) < 4.78 is 17.5. The molecule has 3 atom stereocenters. The Kier molecular flexibility index (Phi) is 6.93. The molecule has 0 saturated carbocycles. The van der Waals surface area contributed by atoms with E-state index in [1.807, 2.05) is 7.11 Å². The van der Waals surface area contributed by atoms with E-state index in [1.54, 1.807) is 0 Å². The van der Waals surface area contributed by atoms with E-state index in [0.29, 0.717) is 18.1 Å². The van der Waals surface area contributed by atoms with Crippen molar-refractivity contribution in [1.29, 1.82) is 0 Å².